The molecular formula is C18H25Cl2N5O. The first kappa shape index (κ1) is 19.4. The smallest absolute Gasteiger partial charge is 0.147 e. The van der Waals surface area contributed by atoms with E-state index < -0.39 is 0 Å². The Hall–Kier alpha value is -1.34. The van der Waals surface area contributed by atoms with Gasteiger partial charge in [0.2, 0.25) is 0 Å². The van der Waals surface area contributed by atoms with Gasteiger partial charge < -0.3 is 14.6 Å². The van der Waals surface area contributed by atoms with Crippen molar-refractivity contribution < 1.29 is 4.74 Å². The van der Waals surface area contributed by atoms with Crippen LogP contribution in [0, 0.1) is 0 Å². The number of likely N-dealkylation sites (tertiary alicyclic amines) is 1. The zero-order chi connectivity index (χ0) is 17.2. The van der Waals surface area contributed by atoms with Crippen molar-refractivity contribution in [2.75, 3.05) is 26.7 Å². The molecule has 0 radical (unpaired) electrons. The van der Waals surface area contributed by atoms with Gasteiger partial charge in [-0.25, -0.2) is 0 Å². The van der Waals surface area contributed by atoms with Crippen molar-refractivity contribution in [1.29, 1.82) is 0 Å². The highest BCUT2D eigenvalue weighted by atomic mass is 35.5. The number of fused-ring (bicyclic) bond motifs is 1. The first-order chi connectivity index (χ1) is 12.2. The summed E-state index contributed by atoms with van der Waals surface area (Å²) in [7, 11) is 1.66. The maximum atomic E-state index is 6.38. The number of aromatic nitrogens is 3. The van der Waals surface area contributed by atoms with E-state index in [0.29, 0.717) is 5.92 Å². The molecule has 4 rings (SSSR count). The van der Waals surface area contributed by atoms with Gasteiger partial charge in [0, 0.05) is 30.6 Å². The van der Waals surface area contributed by atoms with Crippen molar-refractivity contribution in [1.82, 2.24) is 25.0 Å². The van der Waals surface area contributed by atoms with E-state index in [0.717, 1.165) is 74.3 Å². The Labute approximate surface area is 165 Å². The van der Waals surface area contributed by atoms with Crippen LogP contribution in [0.5, 0.6) is 5.75 Å². The Morgan fingerprint density at radius 2 is 2.04 bits per heavy atom. The highest BCUT2D eigenvalue weighted by Crippen LogP contribution is 2.30. The van der Waals surface area contributed by atoms with E-state index >= 15 is 0 Å². The molecule has 0 atom stereocenters. The average molecular weight is 398 g/mol. The molecule has 0 bridgehead atoms. The molecule has 0 saturated carbocycles. The molecule has 0 aliphatic carbocycles. The summed E-state index contributed by atoms with van der Waals surface area (Å²) in [4.78, 5) is 2.47. The SMILES string of the molecule is COc1ccc(CN2CCC(c3nnc4n3CCNC4)CC2)c(Cl)c1.Cl. The Bertz CT molecular complexity index is 743. The molecule has 2 aliphatic heterocycles. The van der Waals surface area contributed by atoms with Crippen LogP contribution in [-0.4, -0.2) is 46.4 Å². The number of hydrogen-bond acceptors (Lipinski definition) is 5. The zero-order valence-electron chi connectivity index (χ0n) is 14.9. The van der Waals surface area contributed by atoms with E-state index in [1.807, 2.05) is 12.1 Å². The van der Waals surface area contributed by atoms with Gasteiger partial charge in [0.1, 0.15) is 17.4 Å². The molecule has 3 heterocycles. The van der Waals surface area contributed by atoms with Crippen LogP contribution in [0.25, 0.3) is 0 Å². The summed E-state index contributed by atoms with van der Waals surface area (Å²) in [5.41, 5.74) is 1.16. The number of rotatable bonds is 4. The molecule has 0 unspecified atom stereocenters. The van der Waals surface area contributed by atoms with Crippen LogP contribution < -0.4 is 10.1 Å². The number of benzene rings is 1. The number of piperidine rings is 1. The maximum Gasteiger partial charge on any atom is 0.147 e. The Kier molecular flexibility index (Phi) is 6.40. The van der Waals surface area contributed by atoms with Crippen LogP contribution in [0.15, 0.2) is 18.2 Å². The van der Waals surface area contributed by atoms with Gasteiger partial charge in [-0.1, -0.05) is 17.7 Å². The van der Waals surface area contributed by atoms with Crippen molar-refractivity contribution in [3.8, 4) is 5.75 Å². The normalized spacial score (nSPS) is 18.2. The van der Waals surface area contributed by atoms with Crippen LogP contribution in [0.3, 0.4) is 0 Å². The Morgan fingerprint density at radius 1 is 1.23 bits per heavy atom. The molecule has 26 heavy (non-hydrogen) atoms. The molecule has 1 aromatic heterocycles. The molecular weight excluding hydrogens is 373 g/mol. The van der Waals surface area contributed by atoms with Crippen LogP contribution in [-0.2, 0) is 19.6 Å². The van der Waals surface area contributed by atoms with E-state index in [9.17, 15) is 0 Å². The predicted molar refractivity (Wildman–Crippen MR) is 104 cm³/mol. The van der Waals surface area contributed by atoms with Gasteiger partial charge in [-0.3, -0.25) is 4.90 Å². The third kappa shape index (κ3) is 3.98. The molecule has 1 fully saturated rings. The minimum Gasteiger partial charge on any atom is -0.497 e. The number of hydrogen-bond donors (Lipinski definition) is 1. The zero-order valence-corrected chi connectivity index (χ0v) is 16.5. The lowest BCUT2D eigenvalue weighted by atomic mass is 9.95. The summed E-state index contributed by atoms with van der Waals surface area (Å²) in [6.07, 6.45) is 2.25. The van der Waals surface area contributed by atoms with E-state index in [4.69, 9.17) is 16.3 Å². The van der Waals surface area contributed by atoms with E-state index in [2.05, 4.69) is 31.0 Å². The summed E-state index contributed by atoms with van der Waals surface area (Å²) >= 11 is 6.38. The fraction of sp³-hybridized carbons (Fsp3) is 0.556. The lowest BCUT2D eigenvalue weighted by Gasteiger charge is -2.32. The van der Waals surface area contributed by atoms with Crippen molar-refractivity contribution in [3.05, 3.63) is 40.4 Å². The summed E-state index contributed by atoms with van der Waals surface area (Å²) in [5, 5.41) is 13.0. The Morgan fingerprint density at radius 3 is 2.77 bits per heavy atom. The van der Waals surface area contributed by atoms with E-state index in [1.165, 1.54) is 5.82 Å². The summed E-state index contributed by atoms with van der Waals surface area (Å²) in [5.74, 6) is 3.58. The third-order valence-corrected chi connectivity index (χ3v) is 5.61. The van der Waals surface area contributed by atoms with Crippen LogP contribution in [0.4, 0.5) is 0 Å². The van der Waals surface area contributed by atoms with Crippen molar-refractivity contribution in [3.63, 3.8) is 0 Å². The second-order valence-corrected chi connectivity index (χ2v) is 7.22. The monoisotopic (exact) mass is 397 g/mol. The fourth-order valence-corrected chi connectivity index (χ4v) is 4.02. The molecule has 0 amide bonds. The van der Waals surface area contributed by atoms with Gasteiger partial charge in [-0.2, -0.15) is 0 Å². The van der Waals surface area contributed by atoms with Gasteiger partial charge in [0.15, 0.2) is 0 Å². The number of nitrogens with zero attached hydrogens (tertiary/aromatic N) is 4. The predicted octanol–water partition coefficient (Wildman–Crippen LogP) is 2.84. The van der Waals surface area contributed by atoms with Crippen LogP contribution in [0.2, 0.25) is 5.02 Å². The minimum absolute atomic E-state index is 0. The maximum absolute atomic E-state index is 6.38. The molecule has 6 nitrogen and oxygen atoms in total. The van der Waals surface area contributed by atoms with Gasteiger partial charge in [0.05, 0.1) is 13.7 Å². The lowest BCUT2D eigenvalue weighted by Crippen LogP contribution is -2.34. The average Bonchev–Trinajstić information content (AvgIpc) is 3.08. The molecule has 2 aliphatic rings. The minimum atomic E-state index is 0. The summed E-state index contributed by atoms with van der Waals surface area (Å²) in [6, 6.07) is 5.93. The molecule has 1 N–H and O–H groups in total. The van der Waals surface area contributed by atoms with Crippen molar-refractivity contribution in [2.45, 2.75) is 38.4 Å². The molecule has 8 heteroatoms. The van der Waals surface area contributed by atoms with Gasteiger partial charge >= 0.3 is 0 Å². The quantitative estimate of drug-likeness (QED) is 0.859. The first-order valence-corrected chi connectivity index (χ1v) is 9.30. The Balaban J connectivity index is 0.00000196. The molecule has 0 spiro atoms. The van der Waals surface area contributed by atoms with Crippen molar-refractivity contribution >= 4 is 24.0 Å². The fourth-order valence-electron chi connectivity index (χ4n) is 3.79. The number of nitrogens with one attached hydrogen (secondary N) is 1. The lowest BCUT2D eigenvalue weighted by molar-refractivity contribution is 0.199. The van der Waals surface area contributed by atoms with Gasteiger partial charge in [-0.15, -0.1) is 22.6 Å². The number of ether oxygens (including phenoxy) is 1. The largest absolute Gasteiger partial charge is 0.497 e. The second kappa shape index (κ2) is 8.57. The summed E-state index contributed by atoms with van der Waals surface area (Å²) in [6.45, 7) is 5.84. The summed E-state index contributed by atoms with van der Waals surface area (Å²) < 4.78 is 7.54. The highest BCUT2D eigenvalue weighted by Gasteiger charge is 2.27. The highest BCUT2D eigenvalue weighted by molar-refractivity contribution is 6.31. The number of methoxy groups -OCH3 is 1. The van der Waals surface area contributed by atoms with Crippen LogP contribution in [0.1, 0.15) is 36.0 Å². The van der Waals surface area contributed by atoms with E-state index in [-0.39, 0.29) is 12.4 Å². The topological polar surface area (TPSA) is 55.2 Å². The standard InChI is InChI=1S/C18H24ClN5O.ClH/c1-25-15-3-2-14(16(19)10-15)12-23-7-4-13(5-8-23)18-22-21-17-11-20-6-9-24(17)18;/h2-3,10,13,20H,4-9,11-12H2,1H3;1H. The molecule has 2 aromatic rings. The van der Waals surface area contributed by atoms with Crippen LogP contribution >= 0.6 is 24.0 Å². The van der Waals surface area contributed by atoms with Crippen molar-refractivity contribution in [2.24, 2.45) is 0 Å². The van der Waals surface area contributed by atoms with Gasteiger partial charge in [0.25, 0.3) is 0 Å². The molecule has 142 valence electrons. The molecule has 1 saturated heterocycles. The third-order valence-electron chi connectivity index (χ3n) is 5.26. The van der Waals surface area contributed by atoms with E-state index in [1.54, 1.807) is 7.11 Å². The first-order valence-electron chi connectivity index (χ1n) is 8.92. The second-order valence-electron chi connectivity index (χ2n) is 6.81. The van der Waals surface area contributed by atoms with Gasteiger partial charge in [-0.05, 0) is 43.6 Å². The number of halogens is 2. The molecule has 1 aromatic carbocycles.